The van der Waals surface area contributed by atoms with E-state index in [9.17, 15) is 28.3 Å². The van der Waals surface area contributed by atoms with Gasteiger partial charge in [0.05, 0.1) is 57.0 Å². The first-order valence-electron chi connectivity index (χ1n) is 11.9. The van der Waals surface area contributed by atoms with Crippen molar-refractivity contribution in [3.63, 3.8) is 0 Å². The highest BCUT2D eigenvalue weighted by Gasteiger charge is 2.56. The lowest BCUT2D eigenvalue weighted by Crippen LogP contribution is -2.52. The SMILES string of the molecule is C=S1(=O)N=C(CC(=O)N(Cc2ccc(F)cc2)[C@@H]2[C@H](C(=O)OC)[C@H]3CC[C@@H]2O3)Nc2ccc([N+](=O)[O-])cc21. The minimum absolute atomic E-state index is 0.0679. The van der Waals surface area contributed by atoms with Gasteiger partial charge in [0.1, 0.15) is 17.6 Å². The molecule has 1 N–H and O–H groups in total. The molecule has 38 heavy (non-hydrogen) atoms. The maximum atomic E-state index is 13.8. The number of fused-ring (bicyclic) bond motifs is 3. The Morgan fingerprint density at radius 2 is 1.97 bits per heavy atom. The number of ether oxygens (including phenoxy) is 2. The van der Waals surface area contributed by atoms with Gasteiger partial charge in [0.2, 0.25) is 5.91 Å². The van der Waals surface area contributed by atoms with Crippen LogP contribution in [-0.4, -0.2) is 63.0 Å². The number of rotatable bonds is 7. The van der Waals surface area contributed by atoms with Gasteiger partial charge in [-0.25, -0.2) is 8.60 Å². The summed E-state index contributed by atoms with van der Waals surface area (Å²) in [5.41, 5.74) is 0.685. The molecule has 0 radical (unpaired) electrons. The Balaban J connectivity index is 1.46. The van der Waals surface area contributed by atoms with E-state index in [2.05, 4.69) is 15.6 Å². The Kier molecular flexibility index (Phi) is 6.65. The standard InChI is InChI=1S/C25H25FN4O7S/c1-36-25(32)23-18-9-10-19(37-18)24(23)29(13-14-3-5-15(26)6-4-14)22(31)12-21-27-17-8-7-16(30(33)34)11-20(17)38(2,35)28-21/h3-8,11,18-19,23-24H,2,9-10,12-13H2,1H3,(H,27,28,35)/t18-,19+,23-,24+,38?/m1/s1. The summed E-state index contributed by atoms with van der Waals surface area (Å²) in [4.78, 5) is 38.6. The van der Waals surface area contributed by atoms with E-state index in [1.807, 2.05) is 0 Å². The zero-order valence-corrected chi connectivity index (χ0v) is 21.2. The summed E-state index contributed by atoms with van der Waals surface area (Å²) in [6.07, 6.45) is 0.251. The molecule has 3 aliphatic heterocycles. The summed E-state index contributed by atoms with van der Waals surface area (Å²) < 4.78 is 41.9. The molecule has 2 aromatic carbocycles. The first-order valence-corrected chi connectivity index (χ1v) is 13.5. The monoisotopic (exact) mass is 544 g/mol. The third kappa shape index (κ3) is 4.74. The van der Waals surface area contributed by atoms with Crippen LogP contribution in [0.4, 0.5) is 15.8 Å². The number of methoxy groups -OCH3 is 1. The van der Waals surface area contributed by atoms with Crippen molar-refractivity contribution in [2.45, 2.75) is 49.0 Å². The molecular formula is C25H25FN4O7S. The van der Waals surface area contributed by atoms with Gasteiger partial charge in [0.25, 0.3) is 5.69 Å². The third-order valence-electron chi connectivity index (χ3n) is 7.03. The van der Waals surface area contributed by atoms with Crippen LogP contribution in [0.2, 0.25) is 0 Å². The van der Waals surface area contributed by atoms with Gasteiger partial charge in [0, 0.05) is 18.7 Å². The minimum atomic E-state index is -3.33. The largest absolute Gasteiger partial charge is 0.469 e. The zero-order chi connectivity index (χ0) is 27.2. The van der Waals surface area contributed by atoms with Crippen LogP contribution >= 0.6 is 0 Å². The van der Waals surface area contributed by atoms with E-state index >= 15 is 0 Å². The van der Waals surface area contributed by atoms with E-state index < -0.39 is 44.3 Å². The number of hydrogen-bond acceptors (Lipinski definition) is 8. The van der Waals surface area contributed by atoms with Crippen LogP contribution in [0, 0.1) is 21.8 Å². The lowest BCUT2D eigenvalue weighted by molar-refractivity contribution is -0.385. The summed E-state index contributed by atoms with van der Waals surface area (Å²) in [7, 11) is -2.05. The highest BCUT2D eigenvalue weighted by atomic mass is 32.2. The molecular weight excluding hydrogens is 519 g/mol. The lowest BCUT2D eigenvalue weighted by atomic mass is 9.83. The molecule has 3 aliphatic rings. The summed E-state index contributed by atoms with van der Waals surface area (Å²) in [5.74, 6) is 1.68. The molecule has 2 aromatic rings. The molecule has 13 heteroatoms. The zero-order valence-electron chi connectivity index (χ0n) is 20.4. The fraction of sp³-hybridized carbons (Fsp3) is 0.360. The first kappa shape index (κ1) is 25.8. The highest BCUT2D eigenvalue weighted by molar-refractivity contribution is 7.99. The van der Waals surface area contributed by atoms with E-state index in [4.69, 9.17) is 9.47 Å². The number of nitrogens with zero attached hydrogens (tertiary/aromatic N) is 3. The number of anilines is 1. The van der Waals surface area contributed by atoms with E-state index in [1.165, 1.54) is 36.3 Å². The van der Waals surface area contributed by atoms with Gasteiger partial charge in [-0.1, -0.05) is 12.1 Å². The molecule has 0 aliphatic carbocycles. The number of hydrogen-bond donors (Lipinski definition) is 1. The van der Waals surface area contributed by atoms with Crippen molar-refractivity contribution < 1.29 is 32.6 Å². The molecule has 5 atom stereocenters. The van der Waals surface area contributed by atoms with Gasteiger partial charge in [-0.15, -0.1) is 0 Å². The van der Waals surface area contributed by atoms with Gasteiger partial charge in [-0.3, -0.25) is 19.7 Å². The molecule has 0 spiro atoms. The Morgan fingerprint density at radius 1 is 1.26 bits per heavy atom. The topological polar surface area (TPSA) is 140 Å². The van der Waals surface area contributed by atoms with Crippen molar-refractivity contribution in [2.75, 3.05) is 12.4 Å². The van der Waals surface area contributed by atoms with Crippen LogP contribution in [0.3, 0.4) is 0 Å². The molecule has 5 rings (SSSR count). The average Bonchev–Trinajstić information content (AvgIpc) is 3.49. The van der Waals surface area contributed by atoms with Crippen molar-refractivity contribution >= 4 is 44.7 Å². The van der Waals surface area contributed by atoms with Crippen molar-refractivity contribution in [3.8, 4) is 0 Å². The van der Waals surface area contributed by atoms with Crippen LogP contribution in [0.25, 0.3) is 0 Å². The van der Waals surface area contributed by atoms with Gasteiger partial charge < -0.3 is 19.7 Å². The predicted octanol–water partition coefficient (Wildman–Crippen LogP) is 2.69. The maximum absolute atomic E-state index is 13.8. The fourth-order valence-electron chi connectivity index (χ4n) is 5.34. The number of halogens is 1. The molecule has 1 unspecified atom stereocenters. The summed E-state index contributed by atoms with van der Waals surface area (Å²) in [6.45, 7) is 0.0691. The number of nitro groups is 1. The van der Waals surface area contributed by atoms with Gasteiger partial charge in [0.15, 0.2) is 0 Å². The number of non-ortho nitro benzene ring substituents is 1. The number of carbonyl (C=O) groups excluding carboxylic acids is 2. The Hall–Kier alpha value is -3.84. The third-order valence-corrected chi connectivity index (χ3v) is 8.57. The first-order chi connectivity index (χ1) is 18.1. The number of nitro benzene ring substituents is 1. The van der Waals surface area contributed by atoms with Crippen LogP contribution in [-0.2, 0) is 35.3 Å². The summed E-state index contributed by atoms with van der Waals surface area (Å²) in [6, 6.07) is 8.85. The predicted molar refractivity (Wildman–Crippen MR) is 136 cm³/mol. The van der Waals surface area contributed by atoms with Crippen LogP contribution in [0.1, 0.15) is 24.8 Å². The molecule has 3 heterocycles. The molecule has 2 bridgehead atoms. The van der Waals surface area contributed by atoms with Crippen LogP contribution in [0.5, 0.6) is 0 Å². The second kappa shape index (κ2) is 9.80. The fourth-order valence-corrected chi connectivity index (χ4v) is 6.67. The molecule has 1 amide bonds. The van der Waals surface area contributed by atoms with E-state index in [0.717, 1.165) is 6.07 Å². The molecule has 200 valence electrons. The maximum Gasteiger partial charge on any atom is 0.313 e. The Bertz CT molecular complexity index is 1440. The number of amidine groups is 1. The van der Waals surface area contributed by atoms with Crippen molar-refractivity contribution in [3.05, 3.63) is 64.0 Å². The molecule has 2 fully saturated rings. The van der Waals surface area contributed by atoms with E-state index in [0.29, 0.717) is 24.1 Å². The van der Waals surface area contributed by atoms with Crippen molar-refractivity contribution in [2.24, 2.45) is 10.3 Å². The second-order valence-corrected chi connectivity index (χ2v) is 11.3. The molecule has 0 aromatic heterocycles. The highest BCUT2D eigenvalue weighted by Crippen LogP contribution is 2.43. The van der Waals surface area contributed by atoms with Crippen LogP contribution in [0.15, 0.2) is 51.8 Å². The van der Waals surface area contributed by atoms with Gasteiger partial charge in [-0.2, -0.15) is 4.40 Å². The Morgan fingerprint density at radius 3 is 2.66 bits per heavy atom. The van der Waals surface area contributed by atoms with Crippen molar-refractivity contribution in [1.82, 2.24) is 4.90 Å². The summed E-state index contributed by atoms with van der Waals surface area (Å²) in [5, 5.41) is 14.1. The van der Waals surface area contributed by atoms with Gasteiger partial charge >= 0.3 is 5.97 Å². The Labute approximate surface area is 217 Å². The normalized spacial score (nSPS) is 27.2. The number of esters is 1. The molecule has 0 saturated carbocycles. The van der Waals surface area contributed by atoms with E-state index in [-0.39, 0.29) is 41.6 Å². The minimum Gasteiger partial charge on any atom is -0.469 e. The number of benzene rings is 2. The van der Waals surface area contributed by atoms with Crippen molar-refractivity contribution in [1.29, 1.82) is 0 Å². The molecule has 2 saturated heterocycles. The quantitative estimate of drug-likeness (QED) is 0.243. The lowest BCUT2D eigenvalue weighted by Gasteiger charge is -2.37. The van der Waals surface area contributed by atoms with Gasteiger partial charge in [-0.05, 0) is 42.5 Å². The van der Waals surface area contributed by atoms with E-state index in [1.54, 1.807) is 12.1 Å². The number of carbonyl (C=O) groups is 2. The average molecular weight is 545 g/mol. The second-order valence-electron chi connectivity index (χ2n) is 9.40. The molecule has 11 nitrogen and oxygen atoms in total. The number of amides is 1. The number of nitrogens with one attached hydrogen (secondary N) is 1. The van der Waals surface area contributed by atoms with Crippen LogP contribution < -0.4 is 5.32 Å². The summed E-state index contributed by atoms with van der Waals surface area (Å²) >= 11 is 0. The smallest absolute Gasteiger partial charge is 0.313 e.